The molecule has 28 heavy (non-hydrogen) atoms. The highest BCUT2D eigenvalue weighted by molar-refractivity contribution is 6.36. The van der Waals surface area contributed by atoms with Crippen molar-refractivity contribution in [1.82, 2.24) is 4.98 Å². The molecule has 0 amide bonds. The number of rotatable bonds is 5. The number of aromatic nitrogens is 1. The van der Waals surface area contributed by atoms with Crippen molar-refractivity contribution >= 4 is 22.6 Å². The zero-order chi connectivity index (χ0) is 19.7. The molecule has 2 aromatic rings. The van der Waals surface area contributed by atoms with E-state index in [0.29, 0.717) is 5.69 Å². The summed E-state index contributed by atoms with van der Waals surface area (Å²) in [6.45, 7) is 2.28. The molecule has 0 unspecified atom stereocenters. The van der Waals surface area contributed by atoms with Gasteiger partial charge in [-0.25, -0.2) is 9.78 Å². The fourth-order valence-electron chi connectivity index (χ4n) is 3.71. The Labute approximate surface area is 162 Å². The van der Waals surface area contributed by atoms with Crippen molar-refractivity contribution in [2.75, 3.05) is 27.4 Å². The number of oxime groups is 1. The van der Waals surface area contributed by atoms with Gasteiger partial charge >= 0.3 is 5.97 Å². The number of methoxy groups -OCH3 is 2. The molecule has 8 nitrogen and oxygen atoms in total. The molecular formula is C20H22N2O6. The number of pyridine rings is 1. The maximum Gasteiger partial charge on any atom is 0.356 e. The van der Waals surface area contributed by atoms with Gasteiger partial charge in [-0.15, -0.1) is 0 Å². The van der Waals surface area contributed by atoms with E-state index in [1.807, 2.05) is 30.3 Å². The number of esters is 1. The van der Waals surface area contributed by atoms with Crippen molar-refractivity contribution in [3.8, 4) is 0 Å². The normalized spacial score (nSPS) is 26.0. The molecule has 0 N–H and O–H groups in total. The summed E-state index contributed by atoms with van der Waals surface area (Å²) < 4.78 is 22.2. The minimum Gasteiger partial charge on any atom is -0.461 e. The number of hydrogen-bond donors (Lipinski definition) is 0. The average Bonchev–Trinajstić information content (AvgIpc) is 3.02. The van der Waals surface area contributed by atoms with Gasteiger partial charge in [-0.05, 0) is 19.1 Å². The van der Waals surface area contributed by atoms with Crippen molar-refractivity contribution in [3.63, 3.8) is 0 Å². The first-order valence-electron chi connectivity index (χ1n) is 9.14. The lowest BCUT2D eigenvalue weighted by Gasteiger charge is -2.37. The van der Waals surface area contributed by atoms with Crippen LogP contribution >= 0.6 is 0 Å². The van der Waals surface area contributed by atoms with E-state index >= 15 is 0 Å². The molecular weight excluding hydrogens is 364 g/mol. The summed E-state index contributed by atoms with van der Waals surface area (Å²) in [5.41, 5.74) is 2.37. The number of carbonyl (C=O) groups is 1. The monoisotopic (exact) mass is 386 g/mol. The minimum atomic E-state index is -1.30. The van der Waals surface area contributed by atoms with Crippen molar-refractivity contribution in [1.29, 1.82) is 0 Å². The predicted octanol–water partition coefficient (Wildman–Crippen LogP) is 2.66. The lowest BCUT2D eigenvalue weighted by molar-refractivity contribution is -0.331. The second kappa shape index (κ2) is 7.46. The predicted molar refractivity (Wildman–Crippen MR) is 99.4 cm³/mol. The maximum absolute atomic E-state index is 12.1. The van der Waals surface area contributed by atoms with Gasteiger partial charge < -0.3 is 19.0 Å². The van der Waals surface area contributed by atoms with Gasteiger partial charge in [0.1, 0.15) is 5.69 Å². The number of para-hydroxylation sites is 1. The zero-order valence-electron chi connectivity index (χ0n) is 16.0. The highest BCUT2D eigenvalue weighted by Gasteiger charge is 2.58. The molecule has 1 spiro atoms. The van der Waals surface area contributed by atoms with E-state index in [-0.39, 0.29) is 31.3 Å². The number of fused-ring (bicyclic) bond motifs is 3. The lowest BCUT2D eigenvalue weighted by Crippen LogP contribution is -2.45. The fourth-order valence-corrected chi connectivity index (χ4v) is 3.71. The van der Waals surface area contributed by atoms with Crippen LogP contribution in [0.3, 0.4) is 0 Å². The smallest absolute Gasteiger partial charge is 0.356 e. The Hall–Kier alpha value is -2.55. The third kappa shape index (κ3) is 2.94. The molecule has 3 heterocycles. The molecule has 0 saturated heterocycles. The van der Waals surface area contributed by atoms with Crippen LogP contribution in [0.15, 0.2) is 35.5 Å². The second-order valence-corrected chi connectivity index (χ2v) is 6.68. The molecule has 0 fully saturated rings. The average molecular weight is 386 g/mol. The fraction of sp³-hybridized carbons (Fsp3) is 0.450. The van der Waals surface area contributed by atoms with Crippen LogP contribution in [0, 0.1) is 5.92 Å². The molecule has 0 aliphatic carbocycles. The Bertz CT molecular complexity index is 930. The number of ether oxygens (including phenoxy) is 4. The minimum absolute atomic E-state index is 0.196. The van der Waals surface area contributed by atoms with Crippen molar-refractivity contribution in [3.05, 3.63) is 41.6 Å². The van der Waals surface area contributed by atoms with Crippen molar-refractivity contribution in [2.45, 2.75) is 25.4 Å². The molecule has 0 radical (unpaired) electrons. The van der Waals surface area contributed by atoms with Crippen molar-refractivity contribution < 1.29 is 28.6 Å². The standard InChI is InChI=1S/C20H22N2O6/c1-4-26-18(23)16-10-13(11-24-2)20(28-22-16)17-14(19(25-3)27-20)9-12-7-5-6-8-15(12)21-17/h5-9,13,19H,4,10-11H2,1-3H3/t13-,19+,20-/m1/s1. The Kier molecular flexibility index (Phi) is 5.01. The third-order valence-electron chi connectivity index (χ3n) is 4.98. The Morgan fingerprint density at radius 1 is 1.32 bits per heavy atom. The number of hydrogen-bond acceptors (Lipinski definition) is 8. The van der Waals surface area contributed by atoms with Crippen LogP contribution in [-0.2, 0) is 34.4 Å². The first-order valence-corrected chi connectivity index (χ1v) is 9.14. The summed E-state index contributed by atoms with van der Waals surface area (Å²) >= 11 is 0. The molecule has 0 bridgehead atoms. The van der Waals surface area contributed by atoms with Crippen LogP contribution < -0.4 is 0 Å². The Balaban J connectivity index is 1.82. The molecule has 3 atom stereocenters. The van der Waals surface area contributed by atoms with Gasteiger partial charge in [0.25, 0.3) is 5.79 Å². The molecule has 1 aromatic heterocycles. The largest absolute Gasteiger partial charge is 0.461 e. The summed E-state index contributed by atoms with van der Waals surface area (Å²) in [5.74, 6) is -2.17. The maximum atomic E-state index is 12.1. The van der Waals surface area contributed by atoms with E-state index in [4.69, 9.17) is 28.8 Å². The molecule has 8 heteroatoms. The summed E-state index contributed by atoms with van der Waals surface area (Å²) in [6.07, 6.45) is -0.386. The number of carbonyl (C=O) groups excluding carboxylic acids is 1. The van der Waals surface area contributed by atoms with Gasteiger partial charge in [0.2, 0.25) is 0 Å². The molecule has 2 aliphatic heterocycles. The van der Waals surface area contributed by atoms with Gasteiger partial charge in [-0.2, -0.15) is 0 Å². The van der Waals surface area contributed by atoms with Crippen LogP contribution in [0.25, 0.3) is 10.9 Å². The van der Waals surface area contributed by atoms with Crippen molar-refractivity contribution in [2.24, 2.45) is 11.1 Å². The molecule has 0 saturated carbocycles. The van der Waals surface area contributed by atoms with E-state index in [1.165, 1.54) is 0 Å². The first-order chi connectivity index (χ1) is 13.6. The Morgan fingerprint density at radius 3 is 2.89 bits per heavy atom. The van der Waals surface area contributed by atoms with Crippen LogP contribution in [0.5, 0.6) is 0 Å². The molecule has 4 rings (SSSR count). The quantitative estimate of drug-likeness (QED) is 0.730. The highest BCUT2D eigenvalue weighted by Crippen LogP contribution is 2.51. The van der Waals surface area contributed by atoms with E-state index in [2.05, 4.69) is 5.16 Å². The first kappa shape index (κ1) is 18.8. The molecule has 2 aliphatic rings. The van der Waals surface area contributed by atoms with Gasteiger partial charge in [-0.1, -0.05) is 23.4 Å². The summed E-state index contributed by atoms with van der Waals surface area (Å²) in [6, 6.07) is 9.75. The third-order valence-corrected chi connectivity index (χ3v) is 4.98. The van der Waals surface area contributed by atoms with E-state index in [1.54, 1.807) is 21.1 Å². The summed E-state index contributed by atoms with van der Waals surface area (Å²) in [5, 5.41) is 5.00. The summed E-state index contributed by atoms with van der Waals surface area (Å²) in [7, 11) is 3.14. The molecule has 1 aromatic carbocycles. The molecule has 148 valence electrons. The SMILES string of the molecule is CCOC(=O)C1=NO[C@]2(O[C@H](OC)c3cc4ccccc4nc32)[C@@H](COC)C1. The van der Waals surface area contributed by atoms with E-state index in [0.717, 1.165) is 16.5 Å². The zero-order valence-corrected chi connectivity index (χ0v) is 16.0. The number of benzene rings is 1. The second-order valence-electron chi connectivity index (χ2n) is 6.68. The van der Waals surface area contributed by atoms with E-state index in [9.17, 15) is 4.79 Å². The highest BCUT2D eigenvalue weighted by atomic mass is 16.8. The van der Waals surface area contributed by atoms with Gasteiger partial charge in [-0.3, -0.25) is 4.74 Å². The van der Waals surface area contributed by atoms with Gasteiger partial charge in [0, 0.05) is 31.6 Å². The van der Waals surface area contributed by atoms with Gasteiger partial charge in [0.05, 0.1) is 24.6 Å². The lowest BCUT2D eigenvalue weighted by atomic mass is 9.88. The number of nitrogens with zero attached hydrogens (tertiary/aromatic N) is 2. The topological polar surface area (TPSA) is 88.5 Å². The van der Waals surface area contributed by atoms with Crippen LogP contribution in [0.2, 0.25) is 0 Å². The van der Waals surface area contributed by atoms with E-state index < -0.39 is 18.0 Å². The van der Waals surface area contributed by atoms with Crippen LogP contribution in [0.4, 0.5) is 0 Å². The summed E-state index contributed by atoms with van der Waals surface area (Å²) in [4.78, 5) is 22.8. The van der Waals surface area contributed by atoms with Crippen LogP contribution in [0.1, 0.15) is 30.9 Å². The van der Waals surface area contributed by atoms with Gasteiger partial charge in [0.15, 0.2) is 12.0 Å². The van der Waals surface area contributed by atoms with Crippen LogP contribution in [-0.4, -0.2) is 44.1 Å². The Morgan fingerprint density at radius 2 is 2.14 bits per heavy atom.